The van der Waals surface area contributed by atoms with Gasteiger partial charge in [0, 0.05) is 22.0 Å². The fourth-order valence-corrected chi connectivity index (χ4v) is 3.01. The molecule has 0 aromatic heterocycles. The van der Waals surface area contributed by atoms with Crippen LogP contribution in [0.5, 0.6) is 5.75 Å². The molecule has 0 aliphatic heterocycles. The number of ether oxygens (including phenoxy) is 1. The van der Waals surface area contributed by atoms with Gasteiger partial charge in [0.2, 0.25) is 0 Å². The molecule has 0 bridgehead atoms. The summed E-state index contributed by atoms with van der Waals surface area (Å²) in [6.45, 7) is 1.71. The molecule has 3 aromatic carbocycles. The number of anilines is 2. The molecule has 0 fully saturated rings. The molecule has 0 spiro atoms. The number of nitrogens with one attached hydrogen (secondary N) is 2. The van der Waals surface area contributed by atoms with Crippen LogP contribution in [0.4, 0.5) is 11.4 Å². The summed E-state index contributed by atoms with van der Waals surface area (Å²) in [5, 5.41) is 6.38. The van der Waals surface area contributed by atoms with Gasteiger partial charge in [-0.05, 0) is 61.0 Å². The van der Waals surface area contributed by atoms with Gasteiger partial charge in [0.05, 0.1) is 5.02 Å². The molecule has 3 rings (SSSR count). The molecule has 29 heavy (non-hydrogen) atoms. The van der Waals surface area contributed by atoms with Gasteiger partial charge in [-0.2, -0.15) is 0 Å². The Morgan fingerprint density at radius 3 is 2.34 bits per heavy atom. The number of halogens is 2. The fourth-order valence-electron chi connectivity index (χ4n) is 2.55. The predicted molar refractivity (Wildman–Crippen MR) is 116 cm³/mol. The van der Waals surface area contributed by atoms with Crippen LogP contribution in [0.25, 0.3) is 0 Å². The smallest absolute Gasteiger partial charge is 0.262 e. The number of hydrogen-bond donors (Lipinski definition) is 2. The molecule has 2 N–H and O–H groups in total. The van der Waals surface area contributed by atoms with E-state index in [0.29, 0.717) is 27.0 Å². The van der Waals surface area contributed by atoms with Gasteiger partial charge < -0.3 is 15.4 Å². The highest BCUT2D eigenvalue weighted by Crippen LogP contribution is 2.27. The Bertz CT molecular complexity index is 1040. The lowest BCUT2D eigenvalue weighted by molar-refractivity contribution is -0.118. The van der Waals surface area contributed by atoms with Crippen LogP contribution in [0.2, 0.25) is 10.0 Å². The maximum Gasteiger partial charge on any atom is 0.262 e. The number of amides is 2. The van der Waals surface area contributed by atoms with E-state index in [0.717, 1.165) is 11.3 Å². The van der Waals surface area contributed by atoms with Crippen molar-refractivity contribution in [3.05, 3.63) is 87.9 Å². The van der Waals surface area contributed by atoms with Gasteiger partial charge in [0.1, 0.15) is 5.75 Å². The van der Waals surface area contributed by atoms with E-state index in [1.165, 1.54) is 6.07 Å². The maximum absolute atomic E-state index is 12.4. The van der Waals surface area contributed by atoms with Gasteiger partial charge in [0.25, 0.3) is 11.8 Å². The van der Waals surface area contributed by atoms with Crippen molar-refractivity contribution in [3.63, 3.8) is 0 Å². The molecule has 2 amide bonds. The Kier molecular flexibility index (Phi) is 6.75. The van der Waals surface area contributed by atoms with Crippen molar-refractivity contribution in [1.82, 2.24) is 0 Å². The van der Waals surface area contributed by atoms with E-state index in [2.05, 4.69) is 10.6 Å². The average Bonchev–Trinajstić information content (AvgIpc) is 2.69. The van der Waals surface area contributed by atoms with Gasteiger partial charge in [-0.3, -0.25) is 9.59 Å². The Morgan fingerprint density at radius 2 is 1.66 bits per heavy atom. The topological polar surface area (TPSA) is 67.4 Å². The van der Waals surface area contributed by atoms with Crippen LogP contribution in [0.15, 0.2) is 66.7 Å². The van der Waals surface area contributed by atoms with Crippen LogP contribution in [-0.2, 0) is 4.79 Å². The van der Waals surface area contributed by atoms with Crippen molar-refractivity contribution >= 4 is 46.4 Å². The largest absolute Gasteiger partial charge is 0.482 e. The standard InChI is InChI=1S/C22H18Cl2N2O3/c1-14-4-2-3-5-19(14)26-22(28)15-6-9-17(10-7-15)25-21(27)13-29-20-11-8-16(23)12-18(20)24/h2-12H,13H2,1H3,(H,25,27)(H,26,28). The molecule has 0 aliphatic rings. The lowest BCUT2D eigenvalue weighted by Gasteiger charge is -2.10. The Morgan fingerprint density at radius 1 is 0.931 bits per heavy atom. The zero-order chi connectivity index (χ0) is 20.8. The molecule has 0 unspecified atom stereocenters. The predicted octanol–water partition coefficient (Wildman–Crippen LogP) is 5.57. The quantitative estimate of drug-likeness (QED) is 0.538. The highest BCUT2D eigenvalue weighted by Gasteiger charge is 2.10. The molecular formula is C22H18Cl2N2O3. The van der Waals surface area contributed by atoms with E-state index >= 15 is 0 Å². The first kappa shape index (κ1) is 20.7. The van der Waals surface area contributed by atoms with Crippen molar-refractivity contribution in [2.45, 2.75) is 6.92 Å². The third-order valence-electron chi connectivity index (χ3n) is 4.08. The van der Waals surface area contributed by atoms with E-state index in [4.69, 9.17) is 27.9 Å². The average molecular weight is 429 g/mol. The third-order valence-corrected chi connectivity index (χ3v) is 4.61. The summed E-state index contributed by atoms with van der Waals surface area (Å²) < 4.78 is 5.40. The van der Waals surface area contributed by atoms with Crippen molar-refractivity contribution in [2.24, 2.45) is 0 Å². The molecule has 5 nitrogen and oxygen atoms in total. The van der Waals surface area contributed by atoms with Crippen molar-refractivity contribution in [3.8, 4) is 5.75 Å². The first-order valence-electron chi connectivity index (χ1n) is 8.77. The zero-order valence-electron chi connectivity index (χ0n) is 15.5. The van der Waals surface area contributed by atoms with Gasteiger partial charge in [-0.25, -0.2) is 0 Å². The number of benzene rings is 3. The lowest BCUT2D eigenvalue weighted by Crippen LogP contribution is -2.20. The minimum absolute atomic E-state index is 0.211. The van der Waals surface area contributed by atoms with E-state index in [1.54, 1.807) is 36.4 Å². The van der Waals surface area contributed by atoms with Crippen LogP contribution in [0.3, 0.4) is 0 Å². The van der Waals surface area contributed by atoms with Crippen molar-refractivity contribution in [1.29, 1.82) is 0 Å². The maximum atomic E-state index is 12.4. The SMILES string of the molecule is Cc1ccccc1NC(=O)c1ccc(NC(=O)COc2ccc(Cl)cc2Cl)cc1. The van der Waals surface area contributed by atoms with E-state index in [-0.39, 0.29) is 18.4 Å². The summed E-state index contributed by atoms with van der Waals surface area (Å²) in [5.74, 6) is -0.208. The first-order valence-corrected chi connectivity index (χ1v) is 9.53. The molecule has 3 aromatic rings. The summed E-state index contributed by atoms with van der Waals surface area (Å²) in [6.07, 6.45) is 0. The van der Waals surface area contributed by atoms with E-state index in [9.17, 15) is 9.59 Å². The molecule has 7 heteroatoms. The summed E-state index contributed by atoms with van der Waals surface area (Å²) in [4.78, 5) is 24.5. The number of hydrogen-bond acceptors (Lipinski definition) is 3. The minimum atomic E-state index is -0.354. The zero-order valence-corrected chi connectivity index (χ0v) is 17.1. The summed E-state index contributed by atoms with van der Waals surface area (Å²) in [7, 11) is 0. The first-order chi connectivity index (χ1) is 13.9. The van der Waals surface area contributed by atoms with Crippen LogP contribution >= 0.6 is 23.2 Å². The molecule has 148 valence electrons. The molecule has 0 saturated heterocycles. The molecule has 0 aliphatic carbocycles. The number of para-hydroxylation sites is 1. The van der Waals surface area contributed by atoms with E-state index < -0.39 is 0 Å². The Balaban J connectivity index is 1.55. The summed E-state index contributed by atoms with van der Waals surface area (Å²) >= 11 is 11.8. The van der Waals surface area contributed by atoms with Gasteiger partial charge in [-0.15, -0.1) is 0 Å². The van der Waals surface area contributed by atoms with Crippen LogP contribution in [0.1, 0.15) is 15.9 Å². The molecule has 0 radical (unpaired) electrons. The second kappa shape index (κ2) is 9.45. The molecule has 0 saturated carbocycles. The van der Waals surface area contributed by atoms with E-state index in [1.807, 2.05) is 31.2 Å². The molecular weight excluding hydrogens is 411 g/mol. The summed E-state index contributed by atoms with van der Waals surface area (Å²) in [6, 6.07) is 18.9. The Labute approximate surface area is 178 Å². The van der Waals surface area contributed by atoms with Crippen LogP contribution in [-0.4, -0.2) is 18.4 Å². The van der Waals surface area contributed by atoms with Crippen LogP contribution < -0.4 is 15.4 Å². The highest BCUT2D eigenvalue weighted by atomic mass is 35.5. The van der Waals surface area contributed by atoms with Crippen molar-refractivity contribution < 1.29 is 14.3 Å². The van der Waals surface area contributed by atoms with Gasteiger partial charge in [-0.1, -0.05) is 41.4 Å². The fraction of sp³-hybridized carbons (Fsp3) is 0.0909. The highest BCUT2D eigenvalue weighted by molar-refractivity contribution is 6.35. The van der Waals surface area contributed by atoms with Gasteiger partial charge in [0.15, 0.2) is 6.61 Å². The van der Waals surface area contributed by atoms with Crippen LogP contribution in [0, 0.1) is 6.92 Å². The molecule has 0 heterocycles. The molecule has 0 atom stereocenters. The Hall–Kier alpha value is -3.02. The second-order valence-electron chi connectivity index (χ2n) is 6.26. The normalized spacial score (nSPS) is 10.3. The third kappa shape index (κ3) is 5.73. The lowest BCUT2D eigenvalue weighted by atomic mass is 10.1. The summed E-state index contributed by atoms with van der Waals surface area (Å²) in [5.41, 5.74) is 2.77. The van der Waals surface area contributed by atoms with Gasteiger partial charge >= 0.3 is 0 Å². The number of carbonyl (C=O) groups excluding carboxylic acids is 2. The number of aryl methyl sites for hydroxylation is 1. The second-order valence-corrected chi connectivity index (χ2v) is 7.10. The monoisotopic (exact) mass is 428 g/mol. The van der Waals surface area contributed by atoms with Crippen molar-refractivity contribution in [2.75, 3.05) is 17.2 Å². The number of rotatable bonds is 6. The number of carbonyl (C=O) groups is 2. The minimum Gasteiger partial charge on any atom is -0.482 e.